The molecule has 0 fully saturated rings. The first-order valence-corrected chi connectivity index (χ1v) is 3.37. The lowest BCUT2D eigenvalue weighted by Crippen LogP contribution is -2.04. The summed E-state index contributed by atoms with van der Waals surface area (Å²) in [7, 11) is 0. The maximum atomic E-state index is 8.23. The first-order chi connectivity index (χ1) is 3.66. The smallest absolute Gasteiger partial charge is 0.247 e. The predicted octanol–water partition coefficient (Wildman–Crippen LogP) is 1.90. The first kappa shape index (κ1) is 8.20. The van der Waals surface area contributed by atoms with Crippen LogP contribution in [0.5, 0.6) is 0 Å². The Morgan fingerprint density at radius 2 is 2.25 bits per heavy atom. The average molecular weight is 152 g/mol. The second-order valence-electron chi connectivity index (χ2n) is 1.51. The van der Waals surface area contributed by atoms with Gasteiger partial charge in [-0.3, -0.25) is 0 Å². The summed E-state index contributed by atoms with van der Waals surface area (Å²) < 4.78 is 13.3. The summed E-state index contributed by atoms with van der Waals surface area (Å²) in [6, 6.07) is 0. The van der Waals surface area contributed by atoms with Crippen LogP contribution in [0, 0.1) is 0 Å². The van der Waals surface area contributed by atoms with Crippen LogP contribution in [0.15, 0.2) is 0 Å². The number of hydrogen-bond donors (Lipinski definition) is 1. The van der Waals surface area contributed by atoms with Gasteiger partial charge in [0.15, 0.2) is 0 Å². The number of rotatable bonds is 1. The molecule has 0 saturated carbocycles. The third-order valence-corrected chi connectivity index (χ3v) is 0.972. The lowest BCUT2D eigenvalue weighted by atomic mass is 10.5. The molecule has 0 radical (unpaired) electrons. The molecule has 0 aromatic rings. The Hall–Kier alpha value is 0.200. The van der Waals surface area contributed by atoms with E-state index in [0.29, 0.717) is 12.0 Å². The second kappa shape index (κ2) is 4.12. The van der Waals surface area contributed by atoms with Gasteiger partial charge in [-0.25, -0.2) is 0 Å². The van der Waals surface area contributed by atoms with Crippen LogP contribution in [0.1, 0.15) is 13.8 Å². The minimum absolute atomic E-state index is 0.0575. The molecule has 0 rings (SSSR count). The second-order valence-corrected chi connectivity index (χ2v) is 2.69. The Balaban J connectivity index is 3.25. The molecule has 0 saturated heterocycles. The van der Waals surface area contributed by atoms with Crippen molar-refractivity contribution in [2.24, 2.45) is 0 Å². The van der Waals surface area contributed by atoms with Gasteiger partial charge in [0.25, 0.3) is 0 Å². The lowest BCUT2D eigenvalue weighted by Gasteiger charge is -2.05. The van der Waals surface area contributed by atoms with Crippen molar-refractivity contribution in [3.8, 4) is 0 Å². The van der Waals surface area contributed by atoms with Crippen molar-refractivity contribution >= 4 is 28.6 Å². The highest BCUT2D eigenvalue weighted by Crippen LogP contribution is 2.01. The van der Waals surface area contributed by atoms with E-state index in [2.05, 4.69) is 12.2 Å². The van der Waals surface area contributed by atoms with Gasteiger partial charge < -0.3 is 9.29 Å². The van der Waals surface area contributed by atoms with Crippen molar-refractivity contribution < 1.29 is 9.29 Å². The predicted molar refractivity (Wildman–Crippen MR) is 39.0 cm³/mol. The van der Waals surface area contributed by atoms with E-state index in [0.717, 1.165) is 0 Å². The van der Waals surface area contributed by atoms with Gasteiger partial charge in [0.2, 0.25) is 4.38 Å². The number of hydrogen-bond acceptors (Lipinski definition) is 4. The molecule has 0 unspecified atom stereocenters. The molecule has 0 aliphatic heterocycles. The highest BCUT2D eigenvalue weighted by Gasteiger charge is 1.97. The van der Waals surface area contributed by atoms with Crippen LogP contribution in [0.2, 0.25) is 0 Å². The summed E-state index contributed by atoms with van der Waals surface area (Å²) in [4.78, 5) is 0. The molecular formula is C4H8O2S2. The van der Waals surface area contributed by atoms with Crippen LogP contribution >= 0.6 is 24.3 Å². The molecule has 8 heavy (non-hydrogen) atoms. The van der Waals surface area contributed by atoms with Crippen LogP contribution in [-0.2, 0) is 4.74 Å². The van der Waals surface area contributed by atoms with E-state index < -0.39 is 0 Å². The van der Waals surface area contributed by atoms with Gasteiger partial charge in [-0.15, -0.1) is 0 Å². The maximum absolute atomic E-state index is 8.23. The van der Waals surface area contributed by atoms with Crippen molar-refractivity contribution in [3.63, 3.8) is 0 Å². The zero-order valence-electron chi connectivity index (χ0n) is 4.75. The highest BCUT2D eigenvalue weighted by atomic mass is 32.2. The Morgan fingerprint density at radius 3 is 2.38 bits per heavy atom. The third-order valence-electron chi connectivity index (χ3n) is 0.406. The molecule has 0 aliphatic rings. The third kappa shape index (κ3) is 4.36. The summed E-state index contributed by atoms with van der Waals surface area (Å²) in [5.74, 6) is 0. The molecule has 0 aromatic carbocycles. The van der Waals surface area contributed by atoms with Crippen molar-refractivity contribution in [2.75, 3.05) is 0 Å². The molecule has 0 atom stereocenters. The van der Waals surface area contributed by atoms with Crippen molar-refractivity contribution in [3.05, 3.63) is 0 Å². The van der Waals surface area contributed by atoms with Gasteiger partial charge in [-0.2, -0.15) is 0 Å². The molecule has 48 valence electrons. The average Bonchev–Trinajstić information content (AvgIpc) is 1.65. The molecule has 4 heteroatoms. The monoisotopic (exact) mass is 152 g/mol. The molecule has 0 heterocycles. The van der Waals surface area contributed by atoms with Crippen LogP contribution in [-0.4, -0.2) is 15.0 Å². The SMILES string of the molecule is CC(C)OC(=S)SO. The van der Waals surface area contributed by atoms with Crippen LogP contribution in [0.25, 0.3) is 0 Å². The Kier molecular flexibility index (Phi) is 4.22. The fourth-order valence-corrected chi connectivity index (χ4v) is 0.642. The van der Waals surface area contributed by atoms with Gasteiger partial charge in [-0.1, -0.05) is 0 Å². The van der Waals surface area contributed by atoms with Crippen LogP contribution < -0.4 is 0 Å². The Labute approximate surface area is 58.4 Å². The highest BCUT2D eigenvalue weighted by molar-refractivity contribution is 8.18. The summed E-state index contributed by atoms with van der Waals surface area (Å²) in [5.41, 5.74) is 0. The van der Waals surface area contributed by atoms with E-state index in [4.69, 9.17) is 9.29 Å². The van der Waals surface area contributed by atoms with E-state index in [-0.39, 0.29) is 10.5 Å². The quantitative estimate of drug-likeness (QED) is 0.459. The van der Waals surface area contributed by atoms with Crippen LogP contribution in [0.4, 0.5) is 0 Å². The van der Waals surface area contributed by atoms with E-state index >= 15 is 0 Å². The topological polar surface area (TPSA) is 29.5 Å². The normalized spacial score (nSPS) is 9.50. The minimum atomic E-state index is 0.0575. The molecule has 2 nitrogen and oxygen atoms in total. The standard InChI is InChI=1S/C4H8O2S2/c1-3(2)6-4(7)8-5/h3,5H,1-2H3. The molecule has 0 amide bonds. The zero-order valence-corrected chi connectivity index (χ0v) is 6.38. The number of ether oxygens (including phenoxy) is 1. The van der Waals surface area contributed by atoms with E-state index in [9.17, 15) is 0 Å². The van der Waals surface area contributed by atoms with E-state index in [1.807, 2.05) is 13.8 Å². The summed E-state index contributed by atoms with van der Waals surface area (Å²) in [6.07, 6.45) is 0.0575. The molecule has 0 spiro atoms. The molecule has 1 N–H and O–H groups in total. The minimum Gasteiger partial charge on any atom is -0.474 e. The maximum Gasteiger partial charge on any atom is 0.247 e. The largest absolute Gasteiger partial charge is 0.474 e. The fraction of sp³-hybridized carbons (Fsp3) is 0.750. The van der Waals surface area contributed by atoms with Crippen molar-refractivity contribution in [1.82, 2.24) is 0 Å². The Bertz CT molecular complexity index is 82.1. The molecular weight excluding hydrogens is 144 g/mol. The van der Waals surface area contributed by atoms with Crippen molar-refractivity contribution in [1.29, 1.82) is 0 Å². The summed E-state index contributed by atoms with van der Waals surface area (Å²) in [6.45, 7) is 3.70. The van der Waals surface area contributed by atoms with E-state index in [1.54, 1.807) is 0 Å². The lowest BCUT2D eigenvalue weighted by molar-refractivity contribution is 0.242. The summed E-state index contributed by atoms with van der Waals surface area (Å²) >= 11 is 4.98. The van der Waals surface area contributed by atoms with Crippen LogP contribution in [0.3, 0.4) is 0 Å². The van der Waals surface area contributed by atoms with Gasteiger partial charge in [0.05, 0.1) is 18.1 Å². The molecule has 0 aliphatic carbocycles. The fourth-order valence-electron chi connectivity index (χ4n) is 0.214. The first-order valence-electron chi connectivity index (χ1n) is 2.19. The van der Waals surface area contributed by atoms with Crippen molar-refractivity contribution in [2.45, 2.75) is 20.0 Å². The van der Waals surface area contributed by atoms with Gasteiger partial charge >= 0.3 is 0 Å². The molecule has 0 bridgehead atoms. The van der Waals surface area contributed by atoms with E-state index in [1.165, 1.54) is 0 Å². The zero-order chi connectivity index (χ0) is 6.57. The molecule has 0 aromatic heterocycles. The number of thiocarbonyl (C=S) groups is 1. The van der Waals surface area contributed by atoms with Gasteiger partial charge in [-0.05, 0) is 26.1 Å². The van der Waals surface area contributed by atoms with Gasteiger partial charge in [0, 0.05) is 0 Å². The Morgan fingerprint density at radius 1 is 1.75 bits per heavy atom. The summed E-state index contributed by atoms with van der Waals surface area (Å²) in [5, 5.41) is 0. The van der Waals surface area contributed by atoms with Gasteiger partial charge in [0.1, 0.15) is 0 Å².